The van der Waals surface area contributed by atoms with Gasteiger partial charge in [0.1, 0.15) is 0 Å². The van der Waals surface area contributed by atoms with Crippen molar-refractivity contribution < 1.29 is 19.8 Å². The normalized spacial score (nSPS) is 11.4. The van der Waals surface area contributed by atoms with Crippen molar-refractivity contribution in [2.24, 2.45) is 5.92 Å². The van der Waals surface area contributed by atoms with Crippen molar-refractivity contribution in [3.05, 3.63) is 12.2 Å². The zero-order chi connectivity index (χ0) is 17.3. The Bertz CT molecular complexity index is 322. The van der Waals surface area contributed by atoms with Gasteiger partial charge in [-0.3, -0.25) is 9.59 Å². The highest BCUT2D eigenvalue weighted by Gasteiger charge is 2.23. The predicted molar refractivity (Wildman–Crippen MR) is 93.6 cm³/mol. The van der Waals surface area contributed by atoms with E-state index in [-0.39, 0.29) is 6.42 Å². The molecule has 0 aliphatic heterocycles. The van der Waals surface area contributed by atoms with Gasteiger partial charge < -0.3 is 10.2 Å². The topological polar surface area (TPSA) is 74.6 Å². The summed E-state index contributed by atoms with van der Waals surface area (Å²) in [6, 6.07) is 0. The first-order valence-electron chi connectivity index (χ1n) is 9.20. The van der Waals surface area contributed by atoms with Crippen molar-refractivity contribution in [1.29, 1.82) is 0 Å². The van der Waals surface area contributed by atoms with Crippen LogP contribution in [-0.2, 0) is 9.59 Å². The molecular formula is C19H34O4. The number of rotatable bonds is 16. The fourth-order valence-corrected chi connectivity index (χ4v) is 2.58. The lowest BCUT2D eigenvalue weighted by Gasteiger charge is -2.03. The van der Waals surface area contributed by atoms with Gasteiger partial charge >= 0.3 is 11.9 Å². The summed E-state index contributed by atoms with van der Waals surface area (Å²) in [4.78, 5) is 21.4. The zero-order valence-corrected chi connectivity index (χ0v) is 14.6. The molecule has 0 heterocycles. The van der Waals surface area contributed by atoms with E-state index in [1.54, 1.807) is 6.08 Å². The number of carbonyl (C=O) groups is 2. The Morgan fingerprint density at radius 2 is 1.17 bits per heavy atom. The highest BCUT2D eigenvalue weighted by Crippen LogP contribution is 2.12. The molecule has 0 radical (unpaired) electrons. The van der Waals surface area contributed by atoms with Gasteiger partial charge in [0.15, 0.2) is 5.92 Å². The molecule has 0 amide bonds. The highest BCUT2D eigenvalue weighted by atomic mass is 16.4. The summed E-state index contributed by atoms with van der Waals surface area (Å²) >= 11 is 0. The molecular weight excluding hydrogens is 292 g/mol. The Labute approximate surface area is 141 Å². The van der Waals surface area contributed by atoms with Crippen molar-refractivity contribution in [1.82, 2.24) is 0 Å². The molecule has 0 unspecified atom stereocenters. The second kappa shape index (κ2) is 15.6. The van der Waals surface area contributed by atoms with Crippen LogP contribution in [0.2, 0.25) is 0 Å². The number of hydrogen-bond acceptors (Lipinski definition) is 2. The Morgan fingerprint density at radius 1 is 0.739 bits per heavy atom. The maximum absolute atomic E-state index is 10.7. The Balaban J connectivity index is 3.37. The fraction of sp³-hybridized carbons (Fsp3) is 0.789. The summed E-state index contributed by atoms with van der Waals surface area (Å²) < 4.78 is 0. The van der Waals surface area contributed by atoms with Gasteiger partial charge in [0.05, 0.1) is 0 Å². The van der Waals surface area contributed by atoms with Gasteiger partial charge in [0, 0.05) is 0 Å². The Hall–Kier alpha value is -1.32. The number of unbranched alkanes of at least 4 members (excludes halogenated alkanes) is 11. The van der Waals surface area contributed by atoms with Crippen LogP contribution >= 0.6 is 0 Å². The minimum atomic E-state index is -1.32. The van der Waals surface area contributed by atoms with Crippen LogP contribution < -0.4 is 0 Å². The van der Waals surface area contributed by atoms with Gasteiger partial charge in [-0.05, 0) is 19.3 Å². The molecule has 0 fully saturated rings. The standard InChI is InChI=1S/C19H34O4/c1-2-3-4-5-6-7-8-9-10-11-12-13-14-15-16-17(18(20)21)19(22)23/h14-15,17H,2-13,16H2,1H3,(H,20,21)(H,22,23)/b15-14+. The summed E-state index contributed by atoms with van der Waals surface area (Å²) in [7, 11) is 0. The molecule has 0 aromatic heterocycles. The molecule has 4 heteroatoms. The summed E-state index contributed by atoms with van der Waals surface area (Å²) in [6.45, 7) is 2.24. The molecule has 134 valence electrons. The van der Waals surface area contributed by atoms with E-state index in [2.05, 4.69) is 6.92 Å². The smallest absolute Gasteiger partial charge is 0.318 e. The molecule has 0 atom stereocenters. The van der Waals surface area contributed by atoms with Crippen LogP contribution in [-0.4, -0.2) is 22.2 Å². The average Bonchev–Trinajstić information content (AvgIpc) is 2.50. The first-order chi connectivity index (χ1) is 11.1. The molecule has 0 spiro atoms. The third kappa shape index (κ3) is 14.0. The first-order valence-corrected chi connectivity index (χ1v) is 9.20. The molecule has 23 heavy (non-hydrogen) atoms. The van der Waals surface area contributed by atoms with Crippen LogP contribution in [0.15, 0.2) is 12.2 Å². The summed E-state index contributed by atoms with van der Waals surface area (Å²) in [5.74, 6) is -3.85. The van der Waals surface area contributed by atoms with E-state index < -0.39 is 17.9 Å². The van der Waals surface area contributed by atoms with Crippen LogP contribution in [0.4, 0.5) is 0 Å². The minimum Gasteiger partial charge on any atom is -0.481 e. The summed E-state index contributed by atoms with van der Waals surface area (Å²) in [5, 5.41) is 17.5. The number of carboxylic acids is 2. The van der Waals surface area contributed by atoms with Crippen LogP contribution in [0.1, 0.15) is 90.4 Å². The number of aliphatic carboxylic acids is 2. The zero-order valence-electron chi connectivity index (χ0n) is 14.6. The molecule has 0 saturated carbocycles. The van der Waals surface area contributed by atoms with E-state index in [1.165, 1.54) is 64.2 Å². The van der Waals surface area contributed by atoms with Crippen LogP contribution in [0.25, 0.3) is 0 Å². The second-order valence-electron chi connectivity index (χ2n) is 6.26. The van der Waals surface area contributed by atoms with Gasteiger partial charge in [-0.25, -0.2) is 0 Å². The number of hydrogen-bond donors (Lipinski definition) is 2. The van der Waals surface area contributed by atoms with Crippen molar-refractivity contribution in [3.63, 3.8) is 0 Å². The predicted octanol–water partition coefficient (Wildman–Crippen LogP) is 5.42. The molecule has 0 aromatic carbocycles. The molecule has 0 saturated heterocycles. The van der Waals surface area contributed by atoms with E-state index in [1.807, 2.05) is 6.08 Å². The van der Waals surface area contributed by atoms with Gasteiger partial charge in [0.25, 0.3) is 0 Å². The average molecular weight is 326 g/mol. The highest BCUT2D eigenvalue weighted by molar-refractivity contribution is 5.92. The third-order valence-corrected chi connectivity index (χ3v) is 4.11. The second-order valence-corrected chi connectivity index (χ2v) is 6.26. The summed E-state index contributed by atoms with van der Waals surface area (Å²) in [5.41, 5.74) is 0. The Morgan fingerprint density at radius 3 is 1.61 bits per heavy atom. The monoisotopic (exact) mass is 326 g/mol. The lowest BCUT2D eigenvalue weighted by molar-refractivity contribution is -0.154. The third-order valence-electron chi connectivity index (χ3n) is 4.11. The number of allylic oxidation sites excluding steroid dienone is 2. The van der Waals surface area contributed by atoms with E-state index in [4.69, 9.17) is 10.2 Å². The molecule has 0 aliphatic rings. The first kappa shape index (κ1) is 21.7. The van der Waals surface area contributed by atoms with Gasteiger partial charge in [-0.1, -0.05) is 83.3 Å². The van der Waals surface area contributed by atoms with Crippen molar-refractivity contribution in [2.75, 3.05) is 0 Å². The van der Waals surface area contributed by atoms with Crippen LogP contribution in [0, 0.1) is 5.92 Å². The lowest BCUT2D eigenvalue weighted by Crippen LogP contribution is -2.22. The van der Waals surface area contributed by atoms with E-state index >= 15 is 0 Å². The maximum atomic E-state index is 10.7. The number of carboxylic acid groups (broad SMARTS) is 2. The molecule has 0 aromatic rings. The SMILES string of the molecule is CCCCCCCCCCCCC/C=C/CC(C(=O)O)C(=O)O. The van der Waals surface area contributed by atoms with E-state index in [0.717, 1.165) is 12.8 Å². The van der Waals surface area contributed by atoms with E-state index in [0.29, 0.717) is 0 Å². The lowest BCUT2D eigenvalue weighted by atomic mass is 10.0. The van der Waals surface area contributed by atoms with Crippen molar-refractivity contribution in [2.45, 2.75) is 90.4 Å². The molecule has 0 bridgehead atoms. The van der Waals surface area contributed by atoms with Crippen molar-refractivity contribution >= 4 is 11.9 Å². The molecule has 2 N–H and O–H groups in total. The Kier molecular flexibility index (Phi) is 14.7. The quantitative estimate of drug-likeness (QED) is 0.226. The van der Waals surface area contributed by atoms with Crippen LogP contribution in [0.5, 0.6) is 0 Å². The molecule has 0 aliphatic carbocycles. The molecule has 0 rings (SSSR count). The van der Waals surface area contributed by atoms with Gasteiger partial charge in [-0.15, -0.1) is 0 Å². The largest absolute Gasteiger partial charge is 0.481 e. The van der Waals surface area contributed by atoms with Crippen molar-refractivity contribution in [3.8, 4) is 0 Å². The van der Waals surface area contributed by atoms with E-state index in [9.17, 15) is 9.59 Å². The minimum absolute atomic E-state index is 0.0721. The van der Waals surface area contributed by atoms with Crippen LogP contribution in [0.3, 0.4) is 0 Å². The summed E-state index contributed by atoms with van der Waals surface area (Å²) in [6.07, 6.45) is 18.9. The maximum Gasteiger partial charge on any atom is 0.318 e. The van der Waals surface area contributed by atoms with Gasteiger partial charge in [-0.2, -0.15) is 0 Å². The van der Waals surface area contributed by atoms with Gasteiger partial charge in [0.2, 0.25) is 0 Å². The molecule has 4 nitrogen and oxygen atoms in total. The fourth-order valence-electron chi connectivity index (χ4n) is 2.58.